The van der Waals surface area contributed by atoms with Gasteiger partial charge in [0.15, 0.2) is 9.84 Å². The highest BCUT2D eigenvalue weighted by Gasteiger charge is 2.57. The van der Waals surface area contributed by atoms with Crippen molar-refractivity contribution in [2.24, 2.45) is 0 Å². The number of anilines is 2. The summed E-state index contributed by atoms with van der Waals surface area (Å²) >= 11 is 0. The fraction of sp³-hybridized carbons (Fsp3) is 0.375. The normalized spacial score (nSPS) is 18.6. The molecule has 0 spiro atoms. The van der Waals surface area contributed by atoms with Gasteiger partial charge < -0.3 is 15.2 Å². The Morgan fingerprint density at radius 3 is 2.13 bits per heavy atom. The number of ether oxygens (including phenoxy) is 2. The van der Waals surface area contributed by atoms with Gasteiger partial charge in [0.2, 0.25) is 0 Å². The maximum atomic E-state index is 13.7. The number of hydrogen-bond acceptors (Lipinski definition) is 8. The molecule has 1 saturated heterocycles. The van der Waals surface area contributed by atoms with E-state index in [2.05, 4.69) is 0 Å². The van der Waals surface area contributed by atoms with E-state index in [1.54, 1.807) is 20.8 Å². The summed E-state index contributed by atoms with van der Waals surface area (Å²) in [7, 11) is -3.89. The van der Waals surface area contributed by atoms with Crippen LogP contribution in [0.1, 0.15) is 38.8 Å². The maximum absolute atomic E-state index is 13.7. The van der Waals surface area contributed by atoms with Crippen molar-refractivity contribution in [3.63, 3.8) is 0 Å². The summed E-state index contributed by atoms with van der Waals surface area (Å²) in [6.45, 7) is 6.19. The highest BCUT2D eigenvalue weighted by molar-refractivity contribution is 7.90. The second-order valence-corrected chi connectivity index (χ2v) is 11.9. The van der Waals surface area contributed by atoms with Crippen LogP contribution in [0.4, 0.5) is 34.1 Å². The highest BCUT2D eigenvalue weighted by atomic mass is 32.2. The zero-order valence-corrected chi connectivity index (χ0v) is 21.9. The monoisotopic (exact) mass is 557 g/mol. The molecule has 0 saturated carbocycles. The Balaban J connectivity index is 2.05. The molecule has 0 radical (unpaired) electrons. The van der Waals surface area contributed by atoms with Crippen molar-refractivity contribution >= 4 is 39.3 Å². The van der Waals surface area contributed by atoms with E-state index in [9.17, 15) is 36.0 Å². The number of nitrogens with zero attached hydrogens (tertiary/aromatic N) is 2. The molecule has 2 aromatic carbocycles. The van der Waals surface area contributed by atoms with Crippen LogP contribution in [0.25, 0.3) is 0 Å². The van der Waals surface area contributed by atoms with E-state index in [1.807, 2.05) is 0 Å². The molecule has 3 amide bonds. The number of nitrogen functional groups attached to an aromatic ring is 1. The van der Waals surface area contributed by atoms with E-state index in [0.717, 1.165) is 23.3 Å². The lowest BCUT2D eigenvalue weighted by Crippen LogP contribution is -2.46. The third-order valence-electron chi connectivity index (χ3n) is 5.55. The van der Waals surface area contributed by atoms with Crippen LogP contribution in [0.3, 0.4) is 0 Å². The van der Waals surface area contributed by atoms with E-state index >= 15 is 0 Å². The number of halogens is 3. The Morgan fingerprint density at radius 1 is 1.05 bits per heavy atom. The third kappa shape index (κ3) is 5.85. The van der Waals surface area contributed by atoms with Crippen molar-refractivity contribution in [3.8, 4) is 5.75 Å². The van der Waals surface area contributed by atoms with Crippen LogP contribution in [0, 0.1) is 0 Å². The topological polar surface area (TPSA) is 136 Å². The lowest BCUT2D eigenvalue weighted by Gasteiger charge is -2.31. The van der Waals surface area contributed by atoms with Crippen molar-refractivity contribution in [3.05, 3.63) is 53.6 Å². The van der Waals surface area contributed by atoms with Crippen LogP contribution in [-0.4, -0.2) is 49.1 Å². The summed E-state index contributed by atoms with van der Waals surface area (Å²) in [4.78, 5) is 40.2. The fourth-order valence-electron chi connectivity index (χ4n) is 3.80. The number of urea groups is 1. The van der Waals surface area contributed by atoms with Crippen LogP contribution in [0.5, 0.6) is 5.75 Å². The van der Waals surface area contributed by atoms with Gasteiger partial charge in [0, 0.05) is 11.9 Å². The SMILES string of the molecule is CC(C)(C)OC(=O)Oc1ccc(C2(C)C(=O)N(c3ccc(N)c(C(F)(F)F)c3)C(=O)N2CS(C)(=O)=O)cc1. The van der Waals surface area contributed by atoms with E-state index in [1.165, 1.54) is 31.2 Å². The second-order valence-electron chi connectivity index (χ2n) is 9.84. The lowest BCUT2D eigenvalue weighted by atomic mass is 9.90. The fourth-order valence-corrected chi connectivity index (χ4v) is 4.64. The Kier molecular flexibility index (Phi) is 7.18. The number of amides is 3. The molecule has 1 aliphatic heterocycles. The zero-order chi connectivity index (χ0) is 28.8. The Morgan fingerprint density at radius 2 is 1.63 bits per heavy atom. The summed E-state index contributed by atoms with van der Waals surface area (Å²) in [5.41, 5.74) is 0.487. The number of sulfone groups is 1. The second kappa shape index (κ2) is 9.49. The molecule has 1 atom stereocenters. The minimum Gasteiger partial charge on any atom is -0.428 e. The number of rotatable bonds is 5. The first-order chi connectivity index (χ1) is 17.2. The standard InChI is InChI=1S/C24H26F3N3O7S/c1-22(2,3)37-21(33)36-16-9-6-14(7-10-16)23(4)19(31)30(20(32)29(23)13-38(5,34)35)15-8-11-18(28)17(12-15)24(25,26)27/h6-12H,13,28H2,1-5H3. The van der Waals surface area contributed by atoms with Crippen LogP contribution in [0.2, 0.25) is 0 Å². The minimum absolute atomic E-state index is 0.0308. The van der Waals surface area contributed by atoms with Crippen LogP contribution in [-0.2, 0) is 31.1 Å². The number of carbonyl (C=O) groups is 3. The van der Waals surface area contributed by atoms with Gasteiger partial charge in [-0.15, -0.1) is 0 Å². The van der Waals surface area contributed by atoms with Crippen LogP contribution >= 0.6 is 0 Å². The predicted molar refractivity (Wildman–Crippen MR) is 131 cm³/mol. The molecule has 1 heterocycles. The largest absolute Gasteiger partial charge is 0.514 e. The Labute approximate surface area is 217 Å². The van der Waals surface area contributed by atoms with Gasteiger partial charge >= 0.3 is 18.4 Å². The number of hydrogen-bond donors (Lipinski definition) is 1. The number of nitrogens with two attached hydrogens (primary N) is 1. The molecule has 1 aliphatic rings. The number of alkyl halides is 3. The van der Waals surface area contributed by atoms with Crippen molar-refractivity contribution in [1.29, 1.82) is 0 Å². The maximum Gasteiger partial charge on any atom is 0.514 e. The molecule has 2 N–H and O–H groups in total. The van der Waals surface area contributed by atoms with Crippen molar-refractivity contribution < 1.29 is 45.4 Å². The van der Waals surface area contributed by atoms with E-state index < -0.39 is 68.1 Å². The molecule has 10 nitrogen and oxygen atoms in total. The van der Waals surface area contributed by atoms with Crippen LogP contribution in [0.15, 0.2) is 42.5 Å². The molecule has 0 aliphatic carbocycles. The minimum atomic E-state index is -4.87. The zero-order valence-electron chi connectivity index (χ0n) is 21.1. The summed E-state index contributed by atoms with van der Waals surface area (Å²) in [6, 6.07) is 6.62. The average Bonchev–Trinajstić information content (AvgIpc) is 2.93. The van der Waals surface area contributed by atoms with E-state index in [0.29, 0.717) is 11.0 Å². The molecule has 0 aromatic heterocycles. The molecule has 38 heavy (non-hydrogen) atoms. The molecule has 1 fully saturated rings. The summed E-state index contributed by atoms with van der Waals surface area (Å²) in [5.74, 6) is -1.87. The first-order valence-electron chi connectivity index (χ1n) is 11.1. The molecule has 206 valence electrons. The first kappa shape index (κ1) is 28.8. The van der Waals surface area contributed by atoms with Gasteiger partial charge in [0.25, 0.3) is 5.91 Å². The summed E-state index contributed by atoms with van der Waals surface area (Å²) in [6.07, 6.45) is -5.01. The van der Waals surface area contributed by atoms with Crippen molar-refractivity contribution in [1.82, 2.24) is 4.90 Å². The molecule has 1 unspecified atom stereocenters. The molecular weight excluding hydrogens is 531 g/mol. The smallest absolute Gasteiger partial charge is 0.428 e. The predicted octanol–water partition coefficient (Wildman–Crippen LogP) is 4.29. The number of imide groups is 1. The summed E-state index contributed by atoms with van der Waals surface area (Å²) < 4.78 is 74.8. The lowest BCUT2D eigenvalue weighted by molar-refractivity contribution is -0.137. The van der Waals surface area contributed by atoms with Gasteiger partial charge in [-0.05, 0) is 63.6 Å². The van der Waals surface area contributed by atoms with Crippen molar-refractivity contribution in [2.75, 3.05) is 22.8 Å². The Hall–Kier alpha value is -3.81. The molecule has 14 heteroatoms. The third-order valence-corrected chi connectivity index (χ3v) is 6.28. The van der Waals surface area contributed by atoms with Gasteiger partial charge in [0.05, 0.1) is 11.3 Å². The van der Waals surface area contributed by atoms with Gasteiger partial charge in [-0.1, -0.05) is 12.1 Å². The average molecular weight is 558 g/mol. The van der Waals surface area contributed by atoms with Gasteiger partial charge in [-0.25, -0.2) is 22.9 Å². The first-order valence-corrected chi connectivity index (χ1v) is 13.1. The molecular formula is C24H26F3N3O7S. The van der Waals surface area contributed by atoms with E-state index in [-0.39, 0.29) is 11.3 Å². The van der Waals surface area contributed by atoms with Crippen LogP contribution < -0.4 is 15.4 Å². The quantitative estimate of drug-likeness (QED) is 0.249. The highest BCUT2D eigenvalue weighted by Crippen LogP contribution is 2.42. The number of benzene rings is 2. The molecule has 2 aromatic rings. The van der Waals surface area contributed by atoms with E-state index in [4.69, 9.17) is 15.2 Å². The summed E-state index contributed by atoms with van der Waals surface area (Å²) in [5, 5.41) is 0. The Bertz CT molecular complexity index is 1390. The number of carbonyl (C=O) groups excluding carboxylic acids is 3. The van der Waals surface area contributed by atoms with Gasteiger partial charge in [-0.2, -0.15) is 13.2 Å². The van der Waals surface area contributed by atoms with Gasteiger partial charge in [-0.3, -0.25) is 9.69 Å². The van der Waals surface area contributed by atoms with Crippen molar-refractivity contribution in [2.45, 2.75) is 45.0 Å². The molecule has 3 rings (SSSR count). The van der Waals surface area contributed by atoms with Gasteiger partial charge in [0.1, 0.15) is 22.8 Å². The molecule has 0 bridgehead atoms.